The number of hydrogen-bond donors (Lipinski definition) is 3. The Morgan fingerprint density at radius 3 is 1.20 bits per heavy atom. The first-order valence-corrected chi connectivity index (χ1v) is 29.9. The van der Waals surface area contributed by atoms with Crippen molar-refractivity contribution in [3.05, 3.63) is 178 Å². The highest BCUT2D eigenvalue weighted by Gasteiger charge is 2.23. The zero-order valence-corrected chi connectivity index (χ0v) is 52.3. The second kappa shape index (κ2) is 26.1. The number of halogens is 1. The zero-order chi connectivity index (χ0) is 61.6. The fraction of sp³-hybridized carbons (Fsp3) is 0.354. The molecule has 0 aromatic carbocycles. The Morgan fingerprint density at radius 2 is 0.828 bits per heavy atom. The number of aromatic nitrogens is 15. The van der Waals surface area contributed by atoms with E-state index in [2.05, 4.69) is 122 Å². The van der Waals surface area contributed by atoms with Gasteiger partial charge < -0.3 is 29.6 Å². The van der Waals surface area contributed by atoms with Crippen LogP contribution in [0.25, 0.3) is 51.7 Å². The lowest BCUT2D eigenvalue weighted by molar-refractivity contribution is 0.540. The molecule has 12 aromatic rings. The van der Waals surface area contributed by atoms with Crippen LogP contribution < -0.4 is 16.4 Å². The summed E-state index contributed by atoms with van der Waals surface area (Å²) in [7, 11) is 0. The largest absolute Gasteiger partial charge is 0.458 e. The first kappa shape index (κ1) is 60.7. The molecule has 12 aromatic heterocycles. The molecule has 0 aliphatic rings. The van der Waals surface area contributed by atoms with Crippen molar-refractivity contribution in [2.45, 2.75) is 151 Å². The minimum Gasteiger partial charge on any atom is -0.458 e. The molecule has 22 heteroatoms. The van der Waals surface area contributed by atoms with Gasteiger partial charge >= 0.3 is 0 Å². The highest BCUT2D eigenvalue weighted by atomic mass is 35.5. The van der Waals surface area contributed by atoms with E-state index in [-0.39, 0.29) is 22.4 Å². The van der Waals surface area contributed by atoms with Crippen molar-refractivity contribution in [3.63, 3.8) is 0 Å². The summed E-state index contributed by atoms with van der Waals surface area (Å²) in [4.78, 5) is 41.9. The average molecular weight is 1190 g/mol. The molecule has 12 heterocycles. The van der Waals surface area contributed by atoms with Crippen molar-refractivity contribution in [3.8, 4) is 34.8 Å². The average Bonchev–Trinajstić information content (AvgIpc) is 1.80. The summed E-state index contributed by atoms with van der Waals surface area (Å²) in [6.07, 6.45) is 12.3. The van der Waals surface area contributed by atoms with Crippen LogP contribution in [0.15, 0.2) is 123 Å². The summed E-state index contributed by atoms with van der Waals surface area (Å²) in [5, 5.41) is 20.2. The number of anilines is 3. The Labute approximate surface area is 510 Å². The zero-order valence-electron chi connectivity index (χ0n) is 51.5. The maximum Gasteiger partial charge on any atom is 0.227 e. The van der Waals surface area contributed by atoms with Gasteiger partial charge in [-0.3, -0.25) is 15.0 Å². The van der Waals surface area contributed by atoms with Gasteiger partial charge in [-0.05, 0) is 154 Å². The van der Waals surface area contributed by atoms with Gasteiger partial charge in [0.2, 0.25) is 35.3 Å². The van der Waals surface area contributed by atoms with Crippen LogP contribution in [0.4, 0.5) is 17.8 Å². The number of nitrogens with two attached hydrogens (primary N) is 1. The molecule has 0 amide bonds. The Bertz CT molecular complexity index is 4310. The number of rotatable bonds is 17. The summed E-state index contributed by atoms with van der Waals surface area (Å²) < 4.78 is 22.5. The maximum atomic E-state index is 6.39. The molecule has 0 aliphatic carbocycles. The van der Waals surface area contributed by atoms with Crippen molar-refractivity contribution in [2.75, 3.05) is 16.4 Å². The lowest BCUT2D eigenvalue weighted by atomic mass is 10.1. The van der Waals surface area contributed by atoms with Crippen LogP contribution >= 0.6 is 11.6 Å². The third kappa shape index (κ3) is 15.0. The number of alkyl halides is 1. The van der Waals surface area contributed by atoms with Crippen molar-refractivity contribution in [1.29, 1.82) is 0 Å². The molecule has 4 N–H and O–H groups in total. The van der Waals surface area contributed by atoms with Crippen molar-refractivity contribution in [2.24, 2.45) is 0 Å². The van der Waals surface area contributed by atoms with Crippen LogP contribution in [-0.4, -0.2) is 84.8 Å². The van der Waals surface area contributed by atoms with Crippen molar-refractivity contribution < 1.29 is 13.3 Å². The predicted molar refractivity (Wildman–Crippen MR) is 339 cm³/mol. The van der Waals surface area contributed by atoms with Gasteiger partial charge in [0, 0.05) is 75.5 Å². The standard InChI is InChI=1S/C23H27ClN6O.C23H28N6O.C19H20N6O/c1-6-17(24)18-9-7-8-16(26-18)12-15-13-25-30-20(15)27-22(29-23(3,4)5)28-21(30)19-11-10-14(2)31-19;1-6-8-17-9-7-10-18(25-17)13-16-14-24-29-20(16)26-22(28-23(3,4)5)27-21(29)19-12-11-15(2)30-19;1-3-5-14-6-4-7-15(22-14)10-13-11-21-25-17(13)23-19(20)24-18(25)16-9-8-12(2)26-16/h7-11,13,17H,6,12H2,1-5H3,(H,27,29);7,9-12,14H,6,8,13H2,1-5H3,(H,26,28);4,6-9,11H,3,5,10H2,1-2H3,(H2,20,23). The molecular weight excluding hydrogens is 1120 g/mol. The van der Waals surface area contributed by atoms with E-state index in [1.165, 1.54) is 0 Å². The van der Waals surface area contributed by atoms with Gasteiger partial charge in [-0.1, -0.05) is 51.8 Å². The first-order chi connectivity index (χ1) is 41.7. The lowest BCUT2D eigenvalue weighted by Gasteiger charge is -2.20. The molecule has 12 rings (SSSR count). The molecule has 1 atom stereocenters. The van der Waals surface area contributed by atoms with Crippen LogP contribution in [0, 0.1) is 20.8 Å². The molecule has 21 nitrogen and oxygen atoms in total. The summed E-state index contributed by atoms with van der Waals surface area (Å²) in [5.41, 5.74) is 16.6. The minimum atomic E-state index is -0.194. The van der Waals surface area contributed by atoms with Crippen LogP contribution in [0.1, 0.15) is 155 Å². The summed E-state index contributed by atoms with van der Waals surface area (Å²) in [5.74, 6) is 7.39. The van der Waals surface area contributed by atoms with Gasteiger partial charge in [0.05, 0.1) is 29.7 Å². The number of nitrogen functional groups attached to an aromatic ring is 1. The summed E-state index contributed by atoms with van der Waals surface area (Å²) >= 11 is 6.39. The topological polar surface area (TPSA) is 257 Å². The molecule has 0 aliphatic heterocycles. The second-order valence-corrected chi connectivity index (χ2v) is 24.1. The molecule has 0 radical (unpaired) electrons. The molecule has 0 saturated heterocycles. The van der Waals surface area contributed by atoms with E-state index in [0.717, 1.165) is 112 Å². The number of pyridine rings is 3. The number of hydrogen-bond acceptors (Lipinski definition) is 18. The number of nitrogens with one attached hydrogen (secondary N) is 2. The van der Waals surface area contributed by atoms with Crippen LogP contribution in [0.3, 0.4) is 0 Å². The number of fused-ring (bicyclic) bond motifs is 3. The Morgan fingerprint density at radius 1 is 0.460 bits per heavy atom. The van der Waals surface area contributed by atoms with Gasteiger partial charge in [-0.25, -0.2) is 0 Å². The van der Waals surface area contributed by atoms with Gasteiger partial charge in [0.15, 0.2) is 34.2 Å². The molecule has 450 valence electrons. The third-order valence-corrected chi connectivity index (χ3v) is 14.1. The normalized spacial score (nSPS) is 12.1. The fourth-order valence-corrected chi connectivity index (χ4v) is 9.82. The fourth-order valence-electron chi connectivity index (χ4n) is 9.70. The van der Waals surface area contributed by atoms with Crippen molar-refractivity contribution in [1.82, 2.24) is 73.7 Å². The summed E-state index contributed by atoms with van der Waals surface area (Å²) in [6.45, 7) is 24.5. The third-order valence-electron chi connectivity index (χ3n) is 13.6. The summed E-state index contributed by atoms with van der Waals surface area (Å²) in [6, 6.07) is 29.7. The van der Waals surface area contributed by atoms with E-state index in [1.54, 1.807) is 19.7 Å². The number of aryl methyl sites for hydroxylation is 5. The number of nitrogens with zero attached hydrogens (tertiary/aromatic N) is 15. The SMILES string of the molecule is CCC(Cl)c1cccc(Cc2cnn3c(-c4ccc(C)o4)nc(NC(C)(C)C)nc23)n1.CCCc1cccc(Cc2cnn3c(-c4ccc(C)o4)nc(N)nc23)n1.CCCc1cccc(Cc2cnn3c(-c4ccc(C)o4)nc(NC(C)(C)C)nc23)n1. The molecule has 0 saturated carbocycles. The van der Waals surface area contributed by atoms with Gasteiger partial charge in [-0.15, -0.1) is 11.6 Å². The van der Waals surface area contributed by atoms with E-state index in [9.17, 15) is 0 Å². The Hall–Kier alpha value is -9.37. The lowest BCUT2D eigenvalue weighted by Crippen LogP contribution is -2.27. The van der Waals surface area contributed by atoms with Gasteiger partial charge in [0.25, 0.3) is 0 Å². The number of furan rings is 3. The van der Waals surface area contributed by atoms with Gasteiger partial charge in [0.1, 0.15) is 17.3 Å². The Balaban J connectivity index is 0.000000145. The molecule has 1 unspecified atom stereocenters. The predicted octanol–water partition coefficient (Wildman–Crippen LogP) is 13.6. The smallest absolute Gasteiger partial charge is 0.227 e. The molecule has 87 heavy (non-hydrogen) atoms. The molecule has 0 spiro atoms. The van der Waals surface area contributed by atoms with E-state index < -0.39 is 0 Å². The Kier molecular flexibility index (Phi) is 18.2. The molecule has 0 bridgehead atoms. The minimum absolute atomic E-state index is 0.0948. The quantitative estimate of drug-likeness (QED) is 0.0716. The van der Waals surface area contributed by atoms with Crippen LogP contribution in [0.2, 0.25) is 0 Å². The van der Waals surface area contributed by atoms with E-state index in [0.29, 0.717) is 71.6 Å². The monoisotopic (exact) mass is 1190 g/mol. The maximum absolute atomic E-state index is 6.39. The van der Waals surface area contributed by atoms with Crippen molar-refractivity contribution >= 4 is 46.4 Å². The second-order valence-electron chi connectivity index (χ2n) is 23.5. The van der Waals surface area contributed by atoms with Crippen LogP contribution in [-0.2, 0) is 32.1 Å². The highest BCUT2D eigenvalue weighted by molar-refractivity contribution is 6.20. The van der Waals surface area contributed by atoms with E-state index in [1.807, 2.05) is 99.9 Å². The van der Waals surface area contributed by atoms with Gasteiger partial charge in [-0.2, -0.15) is 58.7 Å². The van der Waals surface area contributed by atoms with E-state index in [4.69, 9.17) is 65.5 Å². The molecule has 0 fully saturated rings. The van der Waals surface area contributed by atoms with Crippen LogP contribution in [0.5, 0.6) is 0 Å². The first-order valence-electron chi connectivity index (χ1n) is 29.4. The highest BCUT2D eigenvalue weighted by Crippen LogP contribution is 2.30. The molecular formula is C65H75ClN18O3. The van der Waals surface area contributed by atoms with E-state index >= 15 is 0 Å².